The highest BCUT2D eigenvalue weighted by atomic mass is 32.1. The first-order chi connectivity index (χ1) is 5.61. The molecule has 1 rings (SSSR count). The molecule has 2 nitrogen and oxygen atoms in total. The number of thiophene rings is 1. The van der Waals surface area contributed by atoms with Gasteiger partial charge >= 0.3 is 0 Å². The van der Waals surface area contributed by atoms with Crippen LogP contribution in [-0.4, -0.2) is 11.9 Å². The molecule has 2 N–H and O–H groups in total. The van der Waals surface area contributed by atoms with E-state index < -0.39 is 0 Å². The average molecular weight is 182 g/mol. The van der Waals surface area contributed by atoms with Gasteiger partial charge in [0.1, 0.15) is 5.84 Å². The fourth-order valence-corrected chi connectivity index (χ4v) is 1.81. The fraction of sp³-hybridized carbons (Fsp3) is 0.444. The van der Waals surface area contributed by atoms with Crippen molar-refractivity contribution >= 4 is 17.2 Å². The Bertz CT molecular complexity index is 286. The van der Waals surface area contributed by atoms with Crippen molar-refractivity contribution in [2.45, 2.75) is 26.8 Å². The molecule has 0 aliphatic carbocycles. The maximum atomic E-state index is 5.80. The molecule has 66 valence electrons. The van der Waals surface area contributed by atoms with Crippen LogP contribution in [0.25, 0.3) is 0 Å². The van der Waals surface area contributed by atoms with E-state index in [1.54, 1.807) is 11.3 Å². The molecule has 0 spiro atoms. The molecule has 0 fully saturated rings. The lowest BCUT2D eigenvalue weighted by Gasteiger charge is -2.01. The topological polar surface area (TPSA) is 38.4 Å². The molecule has 0 amide bonds. The summed E-state index contributed by atoms with van der Waals surface area (Å²) in [5, 5.41) is 4.12. The standard InChI is InChI=1S/C9H14N2S/c1-6(2)11-9(10)8-5-12-4-7(8)3/h4-6H,1-3H3,(H2,10,11). The third-order valence-corrected chi connectivity index (χ3v) is 2.39. The summed E-state index contributed by atoms with van der Waals surface area (Å²) in [5.74, 6) is 0.656. The third kappa shape index (κ3) is 2.08. The molecule has 0 saturated carbocycles. The number of aliphatic imine (C=N–C) groups is 1. The van der Waals surface area contributed by atoms with Crippen LogP contribution in [0.1, 0.15) is 25.0 Å². The molecule has 3 heteroatoms. The van der Waals surface area contributed by atoms with Crippen molar-refractivity contribution in [3.63, 3.8) is 0 Å². The molecule has 1 aromatic heterocycles. The van der Waals surface area contributed by atoms with Gasteiger partial charge in [0.05, 0.1) is 0 Å². The van der Waals surface area contributed by atoms with E-state index in [-0.39, 0.29) is 6.04 Å². The van der Waals surface area contributed by atoms with Gasteiger partial charge in [-0.05, 0) is 31.7 Å². The number of nitrogens with two attached hydrogens (primary N) is 1. The first-order valence-electron chi connectivity index (χ1n) is 3.97. The van der Waals surface area contributed by atoms with Crippen molar-refractivity contribution in [1.29, 1.82) is 0 Å². The summed E-state index contributed by atoms with van der Waals surface area (Å²) in [5.41, 5.74) is 8.09. The van der Waals surface area contributed by atoms with Crippen molar-refractivity contribution in [3.8, 4) is 0 Å². The average Bonchev–Trinajstić information content (AvgIpc) is 2.33. The molecule has 0 aliphatic heterocycles. The van der Waals surface area contributed by atoms with Gasteiger partial charge in [-0.1, -0.05) is 0 Å². The molecule has 0 saturated heterocycles. The Morgan fingerprint density at radius 2 is 2.17 bits per heavy atom. The smallest absolute Gasteiger partial charge is 0.126 e. The number of hydrogen-bond donors (Lipinski definition) is 1. The minimum Gasteiger partial charge on any atom is -0.383 e. The fourth-order valence-electron chi connectivity index (χ4n) is 0.971. The van der Waals surface area contributed by atoms with Gasteiger partial charge < -0.3 is 5.73 Å². The van der Waals surface area contributed by atoms with Gasteiger partial charge in [0.15, 0.2) is 0 Å². The van der Waals surface area contributed by atoms with Gasteiger partial charge in [0, 0.05) is 17.0 Å². The molecule has 0 bridgehead atoms. The molecule has 0 aliphatic rings. The minimum absolute atomic E-state index is 0.268. The predicted octanol–water partition coefficient (Wildman–Crippen LogP) is 2.17. The maximum absolute atomic E-state index is 5.80. The molecular formula is C9H14N2S. The quantitative estimate of drug-likeness (QED) is 0.552. The molecule has 0 atom stereocenters. The summed E-state index contributed by atoms with van der Waals surface area (Å²) in [6.07, 6.45) is 0. The van der Waals surface area contributed by atoms with Crippen molar-refractivity contribution in [2.75, 3.05) is 0 Å². The molecule has 1 aromatic rings. The van der Waals surface area contributed by atoms with E-state index in [0.717, 1.165) is 5.56 Å². The van der Waals surface area contributed by atoms with Crippen LogP contribution in [0.2, 0.25) is 0 Å². The van der Waals surface area contributed by atoms with Crippen LogP contribution in [0.5, 0.6) is 0 Å². The summed E-state index contributed by atoms with van der Waals surface area (Å²) < 4.78 is 0. The van der Waals surface area contributed by atoms with Gasteiger partial charge in [-0.25, -0.2) is 0 Å². The van der Waals surface area contributed by atoms with Crippen molar-refractivity contribution in [3.05, 3.63) is 21.9 Å². The summed E-state index contributed by atoms with van der Waals surface area (Å²) in [4.78, 5) is 4.28. The highest BCUT2D eigenvalue weighted by Crippen LogP contribution is 2.13. The summed E-state index contributed by atoms with van der Waals surface area (Å²) >= 11 is 1.66. The first-order valence-corrected chi connectivity index (χ1v) is 4.92. The highest BCUT2D eigenvalue weighted by molar-refractivity contribution is 7.08. The van der Waals surface area contributed by atoms with Crippen LogP contribution in [0.3, 0.4) is 0 Å². The van der Waals surface area contributed by atoms with Gasteiger partial charge in [0.25, 0.3) is 0 Å². The van der Waals surface area contributed by atoms with Gasteiger partial charge in [-0.3, -0.25) is 4.99 Å². The molecule has 0 aromatic carbocycles. The SMILES string of the molecule is Cc1cscc1C(N)=NC(C)C. The van der Waals surface area contributed by atoms with Crippen molar-refractivity contribution in [1.82, 2.24) is 0 Å². The van der Waals surface area contributed by atoms with Crippen LogP contribution in [0.15, 0.2) is 15.8 Å². The number of nitrogens with zero attached hydrogens (tertiary/aromatic N) is 1. The zero-order valence-electron chi connectivity index (χ0n) is 7.66. The lowest BCUT2D eigenvalue weighted by Crippen LogP contribution is -2.15. The van der Waals surface area contributed by atoms with E-state index in [1.165, 1.54) is 5.56 Å². The lowest BCUT2D eigenvalue weighted by atomic mass is 10.2. The van der Waals surface area contributed by atoms with Crippen LogP contribution < -0.4 is 5.73 Å². The first kappa shape index (κ1) is 9.26. The Kier molecular flexibility index (Phi) is 2.87. The summed E-state index contributed by atoms with van der Waals surface area (Å²) in [6, 6.07) is 0.268. The predicted molar refractivity (Wildman–Crippen MR) is 54.9 cm³/mol. The summed E-state index contributed by atoms with van der Waals surface area (Å²) in [6.45, 7) is 6.09. The number of hydrogen-bond acceptors (Lipinski definition) is 2. The second-order valence-electron chi connectivity index (χ2n) is 3.08. The lowest BCUT2D eigenvalue weighted by molar-refractivity contribution is 0.834. The normalized spacial score (nSPS) is 12.5. The molecule has 0 unspecified atom stereocenters. The van der Waals surface area contributed by atoms with E-state index in [1.807, 2.05) is 19.2 Å². The van der Waals surface area contributed by atoms with Gasteiger partial charge in [-0.2, -0.15) is 11.3 Å². The second-order valence-corrected chi connectivity index (χ2v) is 3.82. The van der Waals surface area contributed by atoms with E-state index in [4.69, 9.17) is 5.73 Å². The Morgan fingerprint density at radius 3 is 2.58 bits per heavy atom. The Hall–Kier alpha value is -0.830. The number of amidine groups is 1. The molecule has 0 radical (unpaired) electrons. The van der Waals surface area contributed by atoms with E-state index in [0.29, 0.717) is 5.84 Å². The maximum Gasteiger partial charge on any atom is 0.126 e. The Labute approximate surface area is 77.1 Å². The largest absolute Gasteiger partial charge is 0.383 e. The van der Waals surface area contributed by atoms with E-state index in [2.05, 4.69) is 17.3 Å². The second kappa shape index (κ2) is 3.72. The van der Waals surface area contributed by atoms with Crippen molar-refractivity contribution < 1.29 is 0 Å². The van der Waals surface area contributed by atoms with Gasteiger partial charge in [-0.15, -0.1) is 0 Å². The van der Waals surface area contributed by atoms with Crippen LogP contribution in [-0.2, 0) is 0 Å². The third-order valence-electron chi connectivity index (χ3n) is 1.53. The van der Waals surface area contributed by atoms with Crippen LogP contribution in [0, 0.1) is 6.92 Å². The van der Waals surface area contributed by atoms with Crippen LogP contribution in [0.4, 0.5) is 0 Å². The number of aryl methyl sites for hydroxylation is 1. The van der Waals surface area contributed by atoms with Crippen molar-refractivity contribution in [2.24, 2.45) is 10.7 Å². The van der Waals surface area contributed by atoms with Crippen LogP contribution >= 0.6 is 11.3 Å². The summed E-state index contributed by atoms with van der Waals surface area (Å²) in [7, 11) is 0. The Balaban J connectivity index is 2.92. The highest BCUT2D eigenvalue weighted by Gasteiger charge is 2.03. The number of rotatable bonds is 2. The van der Waals surface area contributed by atoms with E-state index in [9.17, 15) is 0 Å². The van der Waals surface area contributed by atoms with E-state index >= 15 is 0 Å². The molecular weight excluding hydrogens is 168 g/mol. The zero-order valence-corrected chi connectivity index (χ0v) is 8.48. The Morgan fingerprint density at radius 1 is 1.50 bits per heavy atom. The minimum atomic E-state index is 0.268. The zero-order chi connectivity index (χ0) is 9.14. The molecule has 1 heterocycles. The molecule has 12 heavy (non-hydrogen) atoms. The van der Waals surface area contributed by atoms with Gasteiger partial charge in [0.2, 0.25) is 0 Å². The monoisotopic (exact) mass is 182 g/mol.